The van der Waals surface area contributed by atoms with E-state index in [-0.39, 0.29) is 5.91 Å². The number of fused-ring (bicyclic) bond motifs is 2. The summed E-state index contributed by atoms with van der Waals surface area (Å²) in [6.07, 6.45) is 10.5. The zero-order chi connectivity index (χ0) is 26.2. The molecule has 3 N–H and O–H groups in total. The van der Waals surface area contributed by atoms with E-state index in [1.54, 1.807) is 37.3 Å². The number of furan rings is 1. The fourth-order valence-electron chi connectivity index (χ4n) is 4.70. The van der Waals surface area contributed by atoms with Crippen LogP contribution in [0.5, 0.6) is 0 Å². The largest absolute Gasteiger partial charge is 0.472 e. The molecule has 0 saturated carbocycles. The molecule has 0 aliphatic heterocycles. The molecule has 0 saturated heterocycles. The predicted octanol–water partition coefficient (Wildman–Crippen LogP) is 6.00. The molecule has 0 atom stereocenters. The molecule has 0 aliphatic rings. The van der Waals surface area contributed by atoms with Gasteiger partial charge in [0, 0.05) is 34.5 Å². The lowest BCUT2D eigenvalue weighted by atomic mass is 10.0. The standard InChI is InChI=1S/C30H21N7O2/c38-27(10-18-4-2-1-3-5-18)33-22-11-21(13-31-14-22)19-6-7-25-23(12-19)29(37-36-25)30-34-26-16-32-15-24(28(26)35-30)20-8-9-39-17-20/h1-9,11-17H,10H2,(H,33,38)(H,34,35)(H,36,37). The van der Waals surface area contributed by atoms with E-state index in [1.165, 1.54) is 0 Å². The van der Waals surface area contributed by atoms with Crippen LogP contribution >= 0.6 is 0 Å². The molecule has 0 aliphatic carbocycles. The lowest BCUT2D eigenvalue weighted by Gasteiger charge is -2.08. The highest BCUT2D eigenvalue weighted by atomic mass is 16.3. The molecule has 188 valence electrons. The number of rotatable bonds is 6. The van der Waals surface area contributed by atoms with Crippen LogP contribution < -0.4 is 5.32 Å². The molecule has 7 aromatic rings. The third kappa shape index (κ3) is 4.31. The normalized spacial score (nSPS) is 11.3. The summed E-state index contributed by atoms with van der Waals surface area (Å²) in [6, 6.07) is 19.5. The second kappa shape index (κ2) is 9.38. The second-order valence-corrected chi connectivity index (χ2v) is 9.19. The van der Waals surface area contributed by atoms with E-state index in [1.807, 2.05) is 60.7 Å². The van der Waals surface area contributed by atoms with Crippen LogP contribution in [0.3, 0.4) is 0 Å². The summed E-state index contributed by atoms with van der Waals surface area (Å²) in [5, 5.41) is 11.5. The van der Waals surface area contributed by atoms with Gasteiger partial charge >= 0.3 is 0 Å². The highest BCUT2D eigenvalue weighted by molar-refractivity contribution is 5.98. The van der Waals surface area contributed by atoms with E-state index in [0.717, 1.165) is 49.8 Å². The average Bonchev–Trinajstić information content (AvgIpc) is 3.73. The maximum atomic E-state index is 12.6. The Balaban J connectivity index is 1.21. The number of anilines is 1. The minimum atomic E-state index is -0.0955. The summed E-state index contributed by atoms with van der Waals surface area (Å²) < 4.78 is 5.25. The molecule has 2 aromatic carbocycles. The first-order valence-electron chi connectivity index (χ1n) is 12.4. The number of nitrogens with zero attached hydrogens (tertiary/aromatic N) is 4. The van der Waals surface area contributed by atoms with Gasteiger partial charge in [-0.05, 0) is 35.4 Å². The minimum absolute atomic E-state index is 0.0955. The van der Waals surface area contributed by atoms with Crippen LogP contribution in [0.25, 0.3) is 55.7 Å². The van der Waals surface area contributed by atoms with Crippen LogP contribution in [-0.2, 0) is 11.2 Å². The van der Waals surface area contributed by atoms with Gasteiger partial charge in [-0.2, -0.15) is 5.10 Å². The lowest BCUT2D eigenvalue weighted by molar-refractivity contribution is -0.115. The average molecular weight is 512 g/mol. The molecule has 0 spiro atoms. The van der Waals surface area contributed by atoms with E-state index in [2.05, 4.69) is 30.5 Å². The van der Waals surface area contributed by atoms with Gasteiger partial charge in [-0.3, -0.25) is 19.9 Å². The number of hydrogen-bond donors (Lipinski definition) is 3. The van der Waals surface area contributed by atoms with Gasteiger partial charge in [0.15, 0.2) is 5.82 Å². The Morgan fingerprint density at radius 2 is 1.77 bits per heavy atom. The fraction of sp³-hybridized carbons (Fsp3) is 0.0333. The predicted molar refractivity (Wildman–Crippen MR) is 149 cm³/mol. The van der Waals surface area contributed by atoms with E-state index in [4.69, 9.17) is 9.40 Å². The monoisotopic (exact) mass is 511 g/mol. The smallest absolute Gasteiger partial charge is 0.228 e. The van der Waals surface area contributed by atoms with Crippen LogP contribution in [-0.4, -0.2) is 36.0 Å². The van der Waals surface area contributed by atoms with Crippen LogP contribution in [0.1, 0.15) is 5.56 Å². The summed E-state index contributed by atoms with van der Waals surface area (Å²) in [7, 11) is 0. The van der Waals surface area contributed by atoms with Crippen molar-refractivity contribution in [3.05, 3.63) is 104 Å². The summed E-state index contributed by atoms with van der Waals surface area (Å²) in [5.41, 5.74) is 8.35. The molecule has 5 aromatic heterocycles. The van der Waals surface area contributed by atoms with Crippen molar-refractivity contribution in [2.75, 3.05) is 5.32 Å². The third-order valence-corrected chi connectivity index (χ3v) is 6.58. The summed E-state index contributed by atoms with van der Waals surface area (Å²) in [6.45, 7) is 0. The molecule has 0 radical (unpaired) electrons. The van der Waals surface area contributed by atoms with Crippen LogP contribution in [0.15, 0.2) is 102 Å². The molecular formula is C30H21N7O2. The van der Waals surface area contributed by atoms with Crippen LogP contribution in [0.4, 0.5) is 5.69 Å². The van der Waals surface area contributed by atoms with Crippen molar-refractivity contribution in [1.29, 1.82) is 0 Å². The van der Waals surface area contributed by atoms with Crippen LogP contribution in [0.2, 0.25) is 0 Å². The SMILES string of the molecule is O=C(Cc1ccccc1)Nc1cncc(-c2ccc3[nH]nc(-c4nc5c(-c6ccoc6)cncc5[nH]4)c3c2)c1. The maximum Gasteiger partial charge on any atom is 0.228 e. The number of pyridine rings is 2. The van der Waals surface area contributed by atoms with Gasteiger partial charge in [0.2, 0.25) is 5.91 Å². The molecule has 0 fully saturated rings. The van der Waals surface area contributed by atoms with E-state index in [9.17, 15) is 4.79 Å². The number of nitrogens with one attached hydrogen (secondary N) is 3. The van der Waals surface area contributed by atoms with Crippen molar-refractivity contribution in [3.63, 3.8) is 0 Å². The third-order valence-electron chi connectivity index (χ3n) is 6.58. The van der Waals surface area contributed by atoms with Gasteiger partial charge in [0.25, 0.3) is 0 Å². The maximum absolute atomic E-state index is 12.6. The number of aromatic nitrogens is 6. The van der Waals surface area contributed by atoms with Crippen molar-refractivity contribution >= 4 is 33.5 Å². The molecule has 5 heterocycles. The van der Waals surface area contributed by atoms with Gasteiger partial charge in [-0.15, -0.1) is 0 Å². The van der Waals surface area contributed by atoms with Crippen molar-refractivity contribution in [1.82, 2.24) is 30.1 Å². The van der Waals surface area contributed by atoms with Crippen molar-refractivity contribution < 1.29 is 9.21 Å². The van der Waals surface area contributed by atoms with Gasteiger partial charge in [0.05, 0.1) is 48.1 Å². The van der Waals surface area contributed by atoms with Gasteiger partial charge in [-0.25, -0.2) is 4.98 Å². The number of carbonyl (C=O) groups excluding carboxylic acids is 1. The van der Waals surface area contributed by atoms with Crippen molar-refractivity contribution in [2.24, 2.45) is 0 Å². The number of aromatic amines is 2. The topological polar surface area (TPSA) is 125 Å². The summed E-state index contributed by atoms with van der Waals surface area (Å²) >= 11 is 0. The van der Waals surface area contributed by atoms with E-state index < -0.39 is 0 Å². The van der Waals surface area contributed by atoms with Crippen LogP contribution in [0, 0.1) is 0 Å². The first-order chi connectivity index (χ1) is 19.2. The van der Waals surface area contributed by atoms with E-state index in [0.29, 0.717) is 23.6 Å². The molecule has 0 unspecified atom stereocenters. The summed E-state index contributed by atoms with van der Waals surface area (Å²) in [4.78, 5) is 29.5. The van der Waals surface area contributed by atoms with Gasteiger partial charge in [0.1, 0.15) is 11.2 Å². The second-order valence-electron chi connectivity index (χ2n) is 9.19. The van der Waals surface area contributed by atoms with Crippen molar-refractivity contribution in [2.45, 2.75) is 6.42 Å². The number of carbonyl (C=O) groups is 1. The Labute approximate surface area is 222 Å². The van der Waals surface area contributed by atoms with Gasteiger partial charge < -0.3 is 14.7 Å². The number of H-pyrrole nitrogens is 2. The number of benzene rings is 2. The first kappa shape index (κ1) is 22.6. The zero-order valence-electron chi connectivity index (χ0n) is 20.6. The molecule has 7 rings (SSSR count). The molecule has 0 bridgehead atoms. The molecule has 39 heavy (non-hydrogen) atoms. The molecule has 1 amide bonds. The highest BCUT2D eigenvalue weighted by Crippen LogP contribution is 2.33. The van der Waals surface area contributed by atoms with Crippen molar-refractivity contribution in [3.8, 4) is 33.8 Å². The summed E-state index contributed by atoms with van der Waals surface area (Å²) in [5.74, 6) is 0.535. The Morgan fingerprint density at radius 1 is 0.872 bits per heavy atom. The Bertz CT molecular complexity index is 1940. The highest BCUT2D eigenvalue weighted by Gasteiger charge is 2.17. The zero-order valence-corrected chi connectivity index (χ0v) is 20.6. The Morgan fingerprint density at radius 3 is 2.64 bits per heavy atom. The number of imidazole rings is 1. The first-order valence-corrected chi connectivity index (χ1v) is 12.4. The van der Waals surface area contributed by atoms with E-state index >= 15 is 0 Å². The minimum Gasteiger partial charge on any atom is -0.472 e. The number of amides is 1. The Kier molecular flexibility index (Phi) is 5.44. The van der Waals surface area contributed by atoms with Gasteiger partial charge in [-0.1, -0.05) is 36.4 Å². The molecule has 9 heteroatoms. The lowest BCUT2D eigenvalue weighted by Crippen LogP contribution is -2.14. The number of hydrogen-bond acceptors (Lipinski definition) is 6. The molecule has 9 nitrogen and oxygen atoms in total. The molecular weight excluding hydrogens is 490 g/mol. The fourth-order valence-corrected chi connectivity index (χ4v) is 4.70. The quantitative estimate of drug-likeness (QED) is 0.251. The Hall–Kier alpha value is -5.57.